The molecule has 0 amide bonds. The first-order valence-electron chi connectivity index (χ1n) is 5.33. The maximum Gasteiger partial charge on any atom is 0.331 e. The van der Waals surface area contributed by atoms with Crippen LogP contribution in [0.4, 0.5) is 0 Å². The Morgan fingerprint density at radius 2 is 1.72 bits per heavy atom. The number of hydrogen-bond donors (Lipinski definition) is 0. The Hall–Kier alpha value is -1.33. The van der Waals surface area contributed by atoms with Gasteiger partial charge in [0.05, 0.1) is 6.61 Å². The van der Waals surface area contributed by atoms with E-state index in [0.717, 1.165) is 25.1 Å². The monoisotopic (exact) mass is 277 g/mol. The van der Waals surface area contributed by atoms with Crippen LogP contribution in [-0.2, 0) is 19.1 Å². The fraction of sp³-hybridized carbons (Fsp3) is 0.500. The van der Waals surface area contributed by atoms with Crippen molar-refractivity contribution in [1.82, 2.24) is 4.90 Å². The molecule has 104 valence electrons. The maximum atomic E-state index is 11.1. The SMILES string of the molecule is C=CCOC(=O)C=CC(=O)OCCCN(C)C.Cl. The topological polar surface area (TPSA) is 55.8 Å². The van der Waals surface area contributed by atoms with Crippen LogP contribution >= 0.6 is 12.4 Å². The van der Waals surface area contributed by atoms with Gasteiger partial charge in [-0.05, 0) is 20.5 Å². The van der Waals surface area contributed by atoms with Crippen molar-refractivity contribution in [3.05, 3.63) is 24.8 Å². The van der Waals surface area contributed by atoms with Crippen LogP contribution in [0.25, 0.3) is 0 Å². The number of halogens is 1. The molecule has 0 aliphatic carbocycles. The van der Waals surface area contributed by atoms with E-state index >= 15 is 0 Å². The van der Waals surface area contributed by atoms with Gasteiger partial charge in [-0.2, -0.15) is 0 Å². The average molecular weight is 278 g/mol. The smallest absolute Gasteiger partial charge is 0.331 e. The Kier molecular flexibility index (Phi) is 12.8. The van der Waals surface area contributed by atoms with Crippen LogP contribution in [0.2, 0.25) is 0 Å². The number of rotatable bonds is 8. The second kappa shape index (κ2) is 12.1. The molecular weight excluding hydrogens is 258 g/mol. The van der Waals surface area contributed by atoms with Crippen LogP contribution in [0.15, 0.2) is 24.8 Å². The zero-order valence-electron chi connectivity index (χ0n) is 10.8. The first-order valence-corrected chi connectivity index (χ1v) is 5.33. The van der Waals surface area contributed by atoms with Crippen LogP contribution in [0, 0.1) is 0 Å². The minimum atomic E-state index is -0.588. The number of hydrogen-bond acceptors (Lipinski definition) is 5. The van der Waals surface area contributed by atoms with Gasteiger partial charge in [0.1, 0.15) is 6.61 Å². The van der Waals surface area contributed by atoms with Crippen molar-refractivity contribution >= 4 is 24.3 Å². The van der Waals surface area contributed by atoms with Crippen molar-refractivity contribution in [3.8, 4) is 0 Å². The number of nitrogens with zero attached hydrogens (tertiary/aromatic N) is 1. The van der Waals surface area contributed by atoms with E-state index < -0.39 is 11.9 Å². The second-order valence-electron chi connectivity index (χ2n) is 3.58. The first-order chi connectivity index (χ1) is 8.06. The van der Waals surface area contributed by atoms with E-state index in [-0.39, 0.29) is 19.0 Å². The first kappa shape index (κ1) is 19.0. The molecule has 0 atom stereocenters. The molecule has 0 saturated carbocycles. The zero-order valence-corrected chi connectivity index (χ0v) is 11.6. The normalized spacial score (nSPS) is 9.94. The van der Waals surface area contributed by atoms with Crippen LogP contribution in [-0.4, -0.2) is 50.7 Å². The van der Waals surface area contributed by atoms with Crippen molar-refractivity contribution in [2.45, 2.75) is 6.42 Å². The average Bonchev–Trinajstić information content (AvgIpc) is 2.29. The molecule has 5 nitrogen and oxygen atoms in total. The lowest BCUT2D eigenvalue weighted by atomic mass is 10.4. The second-order valence-corrected chi connectivity index (χ2v) is 3.58. The van der Waals surface area contributed by atoms with Gasteiger partial charge in [-0.3, -0.25) is 0 Å². The molecule has 0 aliphatic rings. The predicted molar refractivity (Wildman–Crippen MR) is 71.7 cm³/mol. The summed E-state index contributed by atoms with van der Waals surface area (Å²) in [6.45, 7) is 4.70. The lowest BCUT2D eigenvalue weighted by Crippen LogP contribution is -2.15. The third-order valence-corrected chi connectivity index (χ3v) is 1.69. The third-order valence-electron chi connectivity index (χ3n) is 1.69. The molecule has 0 rings (SSSR count). The van der Waals surface area contributed by atoms with E-state index in [4.69, 9.17) is 4.74 Å². The van der Waals surface area contributed by atoms with Crippen LogP contribution < -0.4 is 0 Å². The molecule has 0 bridgehead atoms. The molecule has 0 aromatic heterocycles. The summed E-state index contributed by atoms with van der Waals surface area (Å²) in [5.41, 5.74) is 0. The summed E-state index contributed by atoms with van der Waals surface area (Å²) in [7, 11) is 3.88. The van der Waals surface area contributed by atoms with Gasteiger partial charge in [0.2, 0.25) is 0 Å². The van der Waals surface area contributed by atoms with Gasteiger partial charge in [-0.1, -0.05) is 12.7 Å². The Morgan fingerprint density at radius 3 is 2.22 bits per heavy atom. The van der Waals surface area contributed by atoms with Crippen molar-refractivity contribution in [2.75, 3.05) is 33.9 Å². The van der Waals surface area contributed by atoms with Crippen molar-refractivity contribution < 1.29 is 19.1 Å². The van der Waals surface area contributed by atoms with Crippen LogP contribution in [0.3, 0.4) is 0 Å². The predicted octanol–water partition coefficient (Wildman–Crippen LogP) is 1.19. The molecule has 0 aromatic carbocycles. The van der Waals surface area contributed by atoms with Crippen LogP contribution in [0.5, 0.6) is 0 Å². The molecule has 0 aromatic rings. The van der Waals surface area contributed by atoms with Crippen molar-refractivity contribution in [1.29, 1.82) is 0 Å². The summed E-state index contributed by atoms with van der Waals surface area (Å²) in [5, 5.41) is 0. The van der Waals surface area contributed by atoms with Gasteiger partial charge in [0.15, 0.2) is 0 Å². The summed E-state index contributed by atoms with van der Waals surface area (Å²) in [6.07, 6.45) is 4.30. The highest BCUT2D eigenvalue weighted by molar-refractivity contribution is 5.91. The summed E-state index contributed by atoms with van der Waals surface area (Å²) < 4.78 is 9.51. The Balaban J connectivity index is 0. The lowest BCUT2D eigenvalue weighted by Gasteiger charge is -2.08. The maximum absolute atomic E-state index is 11.1. The fourth-order valence-corrected chi connectivity index (χ4v) is 0.927. The number of esters is 2. The molecule has 18 heavy (non-hydrogen) atoms. The molecule has 0 radical (unpaired) electrons. The van der Waals surface area contributed by atoms with Crippen molar-refractivity contribution in [3.63, 3.8) is 0 Å². The van der Waals surface area contributed by atoms with Gasteiger partial charge >= 0.3 is 11.9 Å². The summed E-state index contributed by atoms with van der Waals surface area (Å²) in [4.78, 5) is 24.1. The summed E-state index contributed by atoms with van der Waals surface area (Å²) in [6, 6.07) is 0. The molecule has 0 fully saturated rings. The lowest BCUT2D eigenvalue weighted by molar-refractivity contribution is -0.140. The largest absolute Gasteiger partial charge is 0.462 e. The highest BCUT2D eigenvalue weighted by Gasteiger charge is 2.00. The standard InChI is InChI=1S/C12H19NO4.ClH/c1-4-9-16-11(14)6-7-12(15)17-10-5-8-13(2)3;/h4,6-7H,1,5,8-10H2,2-3H3;1H. The highest BCUT2D eigenvalue weighted by Crippen LogP contribution is 1.89. The van der Waals surface area contributed by atoms with E-state index in [1.54, 1.807) is 0 Å². The Labute approximate surface area is 114 Å². The Morgan fingerprint density at radius 1 is 1.17 bits per heavy atom. The molecule has 6 heteroatoms. The minimum absolute atomic E-state index is 0. The van der Waals surface area contributed by atoms with E-state index in [0.29, 0.717) is 6.61 Å². The summed E-state index contributed by atoms with van der Waals surface area (Å²) >= 11 is 0. The highest BCUT2D eigenvalue weighted by atomic mass is 35.5. The molecule has 0 spiro atoms. The fourth-order valence-electron chi connectivity index (χ4n) is 0.927. The quantitative estimate of drug-likeness (QED) is 0.289. The van der Waals surface area contributed by atoms with E-state index in [9.17, 15) is 9.59 Å². The van der Waals surface area contributed by atoms with E-state index in [2.05, 4.69) is 11.3 Å². The zero-order chi connectivity index (χ0) is 13.1. The van der Waals surface area contributed by atoms with Gasteiger partial charge < -0.3 is 14.4 Å². The molecular formula is C12H20ClNO4. The van der Waals surface area contributed by atoms with E-state index in [1.807, 2.05) is 19.0 Å². The van der Waals surface area contributed by atoms with E-state index in [1.165, 1.54) is 6.08 Å². The minimum Gasteiger partial charge on any atom is -0.462 e. The van der Waals surface area contributed by atoms with Crippen molar-refractivity contribution in [2.24, 2.45) is 0 Å². The van der Waals surface area contributed by atoms with Gasteiger partial charge in [-0.25, -0.2) is 9.59 Å². The number of ether oxygens (including phenoxy) is 2. The third kappa shape index (κ3) is 12.7. The molecule has 0 saturated heterocycles. The molecule has 0 unspecified atom stereocenters. The van der Waals surface area contributed by atoms with Gasteiger partial charge in [-0.15, -0.1) is 12.4 Å². The molecule has 0 N–H and O–H groups in total. The summed E-state index contributed by atoms with van der Waals surface area (Å²) in [5.74, 6) is -1.13. The molecule has 0 aliphatic heterocycles. The Bertz CT molecular complexity index is 290. The number of carbonyl (C=O) groups excluding carboxylic acids is 2. The van der Waals surface area contributed by atoms with Gasteiger partial charge in [0.25, 0.3) is 0 Å². The van der Waals surface area contributed by atoms with Gasteiger partial charge in [0, 0.05) is 18.7 Å². The molecule has 0 heterocycles. The van der Waals surface area contributed by atoms with Crippen LogP contribution in [0.1, 0.15) is 6.42 Å². The number of carbonyl (C=O) groups is 2.